The molecule has 1 saturated carbocycles. The highest BCUT2D eigenvalue weighted by molar-refractivity contribution is 6.26. The molecule has 0 aromatic heterocycles. The molecule has 2 aliphatic rings. The molecule has 41 heavy (non-hydrogen) atoms. The van der Waals surface area contributed by atoms with Crippen molar-refractivity contribution in [2.75, 3.05) is 11.4 Å². The molecule has 1 N–H and O–H groups in total. The van der Waals surface area contributed by atoms with Crippen molar-refractivity contribution in [2.24, 2.45) is 0 Å². The molecule has 4 aromatic carbocycles. The minimum absolute atomic E-state index is 0.0795. The largest absolute Gasteiger partial charge is 0.352 e. The van der Waals surface area contributed by atoms with Crippen molar-refractivity contribution in [3.8, 4) is 0 Å². The van der Waals surface area contributed by atoms with E-state index in [1.165, 1.54) is 17.0 Å². The van der Waals surface area contributed by atoms with E-state index in [0.717, 1.165) is 42.0 Å². The van der Waals surface area contributed by atoms with Crippen LogP contribution in [0.4, 0.5) is 10.1 Å². The highest BCUT2D eigenvalue weighted by Gasteiger charge is 2.36. The van der Waals surface area contributed by atoms with Crippen molar-refractivity contribution in [1.29, 1.82) is 0 Å². The van der Waals surface area contributed by atoms with Gasteiger partial charge in [0.05, 0.1) is 5.69 Å². The van der Waals surface area contributed by atoms with Crippen LogP contribution in [0.2, 0.25) is 0 Å². The van der Waals surface area contributed by atoms with Gasteiger partial charge in [-0.2, -0.15) is 0 Å². The van der Waals surface area contributed by atoms with E-state index in [2.05, 4.69) is 5.32 Å². The molecule has 0 spiro atoms. The van der Waals surface area contributed by atoms with Gasteiger partial charge in [-0.15, -0.1) is 0 Å². The molecule has 6 rings (SSSR count). The topological polar surface area (TPSA) is 69.7 Å². The Morgan fingerprint density at radius 1 is 0.878 bits per heavy atom. The maximum atomic E-state index is 14.2. The van der Waals surface area contributed by atoms with Crippen LogP contribution in [0.1, 0.15) is 47.2 Å². The van der Waals surface area contributed by atoms with Gasteiger partial charge in [0.1, 0.15) is 18.4 Å². The Kier molecular flexibility index (Phi) is 7.51. The summed E-state index contributed by atoms with van der Waals surface area (Å²) in [6, 6.07) is 26.1. The van der Waals surface area contributed by atoms with Crippen LogP contribution in [-0.4, -0.2) is 41.2 Å². The summed E-state index contributed by atoms with van der Waals surface area (Å²) < 4.78 is 13.7. The summed E-state index contributed by atoms with van der Waals surface area (Å²) in [5, 5.41) is 4.95. The summed E-state index contributed by atoms with van der Waals surface area (Å²) in [7, 11) is 0. The molecule has 1 unspecified atom stereocenters. The van der Waals surface area contributed by atoms with Crippen molar-refractivity contribution in [3.05, 3.63) is 114 Å². The molecule has 3 amide bonds. The first-order chi connectivity index (χ1) is 20.0. The highest BCUT2D eigenvalue weighted by atomic mass is 19.1. The van der Waals surface area contributed by atoms with Crippen LogP contribution in [0.5, 0.6) is 0 Å². The Bertz CT molecular complexity index is 1580. The second-order valence-electron chi connectivity index (χ2n) is 10.9. The SMILES string of the molecule is O=C(NC1CCCC1)C(Cc1ccccc1)N(Cc1ccc(F)cc1)C(=O)CN1C(=O)c2cccc3cccc1c23. The number of nitrogens with zero attached hydrogens (tertiary/aromatic N) is 2. The van der Waals surface area contributed by atoms with Gasteiger partial charge >= 0.3 is 0 Å². The molecule has 0 radical (unpaired) electrons. The van der Waals surface area contributed by atoms with E-state index in [1.54, 1.807) is 23.1 Å². The van der Waals surface area contributed by atoms with Crippen LogP contribution in [0.15, 0.2) is 91.0 Å². The number of rotatable bonds is 9. The van der Waals surface area contributed by atoms with Gasteiger partial charge in [0, 0.05) is 30.0 Å². The van der Waals surface area contributed by atoms with Crippen LogP contribution in [0.3, 0.4) is 0 Å². The number of halogens is 1. The van der Waals surface area contributed by atoms with E-state index in [9.17, 15) is 18.8 Å². The van der Waals surface area contributed by atoms with Crippen LogP contribution < -0.4 is 10.2 Å². The molecule has 6 nitrogen and oxygen atoms in total. The van der Waals surface area contributed by atoms with Gasteiger partial charge in [-0.05, 0) is 53.6 Å². The smallest absolute Gasteiger partial charge is 0.259 e. The lowest BCUT2D eigenvalue weighted by molar-refractivity contribution is -0.140. The summed E-state index contributed by atoms with van der Waals surface area (Å²) in [4.78, 5) is 44.7. The lowest BCUT2D eigenvalue weighted by Gasteiger charge is -2.33. The van der Waals surface area contributed by atoms with Gasteiger partial charge in [-0.3, -0.25) is 19.3 Å². The van der Waals surface area contributed by atoms with E-state index < -0.39 is 6.04 Å². The third-order valence-corrected chi connectivity index (χ3v) is 8.18. The summed E-state index contributed by atoms with van der Waals surface area (Å²) in [5.41, 5.74) is 2.87. The van der Waals surface area contributed by atoms with Gasteiger partial charge < -0.3 is 10.2 Å². The van der Waals surface area contributed by atoms with Crippen LogP contribution in [0, 0.1) is 5.82 Å². The number of hydrogen-bond donors (Lipinski definition) is 1. The van der Waals surface area contributed by atoms with Gasteiger partial charge in [0.15, 0.2) is 0 Å². The fourth-order valence-electron chi connectivity index (χ4n) is 6.07. The van der Waals surface area contributed by atoms with E-state index in [1.807, 2.05) is 60.7 Å². The minimum Gasteiger partial charge on any atom is -0.352 e. The fraction of sp³-hybridized carbons (Fsp3) is 0.265. The van der Waals surface area contributed by atoms with Crippen molar-refractivity contribution < 1.29 is 18.8 Å². The Morgan fingerprint density at radius 2 is 1.59 bits per heavy atom. The number of hydrogen-bond acceptors (Lipinski definition) is 3. The predicted molar refractivity (Wildman–Crippen MR) is 157 cm³/mol. The first kappa shape index (κ1) is 26.7. The first-order valence-electron chi connectivity index (χ1n) is 14.2. The van der Waals surface area contributed by atoms with Gasteiger partial charge in [-0.1, -0.05) is 79.6 Å². The maximum Gasteiger partial charge on any atom is 0.259 e. The zero-order valence-electron chi connectivity index (χ0n) is 22.8. The number of anilines is 1. The first-order valence-corrected chi connectivity index (χ1v) is 14.2. The van der Waals surface area contributed by atoms with Crippen LogP contribution >= 0.6 is 0 Å². The lowest BCUT2D eigenvalue weighted by Crippen LogP contribution is -2.54. The Hall–Kier alpha value is -4.52. The summed E-state index contributed by atoms with van der Waals surface area (Å²) >= 11 is 0. The van der Waals surface area contributed by atoms with Crippen molar-refractivity contribution in [3.63, 3.8) is 0 Å². The van der Waals surface area contributed by atoms with E-state index in [0.29, 0.717) is 23.2 Å². The Morgan fingerprint density at radius 3 is 2.32 bits per heavy atom. The number of nitrogens with one attached hydrogen (secondary N) is 1. The molecule has 0 saturated heterocycles. The third kappa shape index (κ3) is 5.57. The van der Waals surface area contributed by atoms with Gasteiger partial charge in [0.2, 0.25) is 11.8 Å². The minimum atomic E-state index is -0.813. The van der Waals surface area contributed by atoms with Crippen LogP contribution in [0.25, 0.3) is 10.8 Å². The number of benzene rings is 4. The summed E-state index contributed by atoms with van der Waals surface area (Å²) in [6.07, 6.45) is 4.28. The molecule has 0 bridgehead atoms. The Balaban J connectivity index is 1.34. The number of carbonyl (C=O) groups is 3. The molecular weight excluding hydrogens is 517 g/mol. The second kappa shape index (κ2) is 11.5. The zero-order chi connectivity index (χ0) is 28.3. The summed E-state index contributed by atoms with van der Waals surface area (Å²) in [5.74, 6) is -1.17. The molecule has 208 valence electrons. The van der Waals surface area contributed by atoms with E-state index in [4.69, 9.17) is 0 Å². The van der Waals surface area contributed by atoms with Crippen molar-refractivity contribution >= 4 is 34.2 Å². The molecule has 1 aliphatic carbocycles. The third-order valence-electron chi connectivity index (χ3n) is 8.18. The standard InChI is InChI=1S/C34H32FN3O3/c35-26-18-16-24(17-19-26)21-37(30(20-23-8-2-1-3-9-23)33(40)36-27-12-4-5-13-27)31(39)22-38-29-15-7-11-25-10-6-14-28(32(25)29)34(38)41/h1-3,6-11,14-19,27,30H,4-5,12-13,20-22H2,(H,36,40). The van der Waals surface area contributed by atoms with E-state index >= 15 is 0 Å². The monoisotopic (exact) mass is 549 g/mol. The number of carbonyl (C=O) groups excluding carboxylic acids is 3. The van der Waals surface area contributed by atoms with E-state index in [-0.39, 0.29) is 42.7 Å². The highest BCUT2D eigenvalue weighted by Crippen LogP contribution is 2.37. The zero-order valence-corrected chi connectivity index (χ0v) is 22.8. The second-order valence-corrected chi connectivity index (χ2v) is 10.9. The van der Waals surface area contributed by atoms with Crippen LogP contribution in [-0.2, 0) is 22.6 Å². The van der Waals surface area contributed by atoms with Crippen molar-refractivity contribution in [1.82, 2.24) is 10.2 Å². The average molecular weight is 550 g/mol. The molecule has 7 heteroatoms. The van der Waals surface area contributed by atoms with Crippen molar-refractivity contribution in [2.45, 2.75) is 50.7 Å². The molecule has 4 aromatic rings. The lowest BCUT2D eigenvalue weighted by atomic mass is 10.0. The molecular formula is C34H32FN3O3. The molecule has 1 fully saturated rings. The maximum absolute atomic E-state index is 14.2. The Labute approximate surface area is 238 Å². The average Bonchev–Trinajstić information content (AvgIpc) is 3.60. The molecule has 1 atom stereocenters. The quantitative estimate of drug-likeness (QED) is 0.294. The summed E-state index contributed by atoms with van der Waals surface area (Å²) in [6.45, 7) is -0.107. The number of amides is 3. The predicted octanol–water partition coefficient (Wildman–Crippen LogP) is 5.64. The molecule has 1 aliphatic heterocycles. The normalized spacial score (nSPS) is 15.3. The van der Waals surface area contributed by atoms with Gasteiger partial charge in [-0.25, -0.2) is 4.39 Å². The molecule has 1 heterocycles. The van der Waals surface area contributed by atoms with Gasteiger partial charge in [0.25, 0.3) is 5.91 Å². The fourth-order valence-corrected chi connectivity index (χ4v) is 6.07.